The molecule has 1 aromatic rings. The van der Waals surface area contributed by atoms with E-state index in [-0.39, 0.29) is 18.1 Å². The zero-order valence-corrected chi connectivity index (χ0v) is 11.6. The third-order valence-corrected chi connectivity index (χ3v) is 3.38. The van der Waals surface area contributed by atoms with E-state index < -0.39 is 11.8 Å². The van der Waals surface area contributed by atoms with E-state index in [1.165, 1.54) is 6.92 Å². The molecule has 2 rings (SSSR count). The summed E-state index contributed by atoms with van der Waals surface area (Å²) in [5.41, 5.74) is 0.196. The Morgan fingerprint density at radius 1 is 1.37 bits per heavy atom. The molecule has 19 heavy (non-hydrogen) atoms. The first-order chi connectivity index (χ1) is 8.92. The topological polar surface area (TPSA) is 46.6 Å². The van der Waals surface area contributed by atoms with Crippen molar-refractivity contribution in [3.05, 3.63) is 35.9 Å². The molecule has 1 heterocycles. The molecule has 1 aliphatic rings. The number of carbonyl (C=O) groups is 2. The zero-order valence-electron chi connectivity index (χ0n) is 11.6. The smallest absolute Gasteiger partial charge is 0.254 e. The Labute approximate surface area is 113 Å². The summed E-state index contributed by atoms with van der Waals surface area (Å²) >= 11 is 0. The number of ketones is 1. The van der Waals surface area contributed by atoms with Crippen molar-refractivity contribution >= 4 is 11.7 Å². The second-order valence-corrected chi connectivity index (χ2v) is 5.22. The van der Waals surface area contributed by atoms with Gasteiger partial charge in [0.1, 0.15) is 17.6 Å². The largest absolute Gasteiger partial charge is 0.343 e. The highest BCUT2D eigenvalue weighted by atomic mass is 16.5. The van der Waals surface area contributed by atoms with E-state index >= 15 is 0 Å². The second-order valence-electron chi connectivity index (χ2n) is 5.22. The summed E-state index contributed by atoms with van der Waals surface area (Å²) in [6.07, 6.45) is -0.274. The van der Waals surface area contributed by atoms with E-state index in [2.05, 4.69) is 0 Å². The van der Waals surface area contributed by atoms with Gasteiger partial charge in [-0.3, -0.25) is 9.59 Å². The van der Waals surface area contributed by atoms with Crippen LogP contribution >= 0.6 is 0 Å². The van der Waals surface area contributed by atoms with Crippen LogP contribution in [-0.4, -0.2) is 28.4 Å². The van der Waals surface area contributed by atoms with Crippen molar-refractivity contribution in [3.63, 3.8) is 0 Å². The van der Waals surface area contributed by atoms with Crippen molar-refractivity contribution in [1.29, 1.82) is 0 Å². The number of Topliss-reactive ketones (excluding diaryl/α,β-unsaturated/α-hetero) is 1. The number of amides is 1. The molecule has 1 saturated heterocycles. The lowest BCUT2D eigenvalue weighted by Gasteiger charge is -2.33. The van der Waals surface area contributed by atoms with Gasteiger partial charge in [-0.25, -0.2) is 0 Å². The minimum atomic E-state index is -0.835. The highest BCUT2D eigenvalue weighted by Gasteiger charge is 2.47. The fraction of sp³-hybridized carbons (Fsp3) is 0.467. The zero-order chi connectivity index (χ0) is 14.0. The summed E-state index contributed by atoms with van der Waals surface area (Å²) in [6.45, 7) is 5.51. The van der Waals surface area contributed by atoms with Gasteiger partial charge in [0.25, 0.3) is 5.91 Å². The van der Waals surface area contributed by atoms with Crippen LogP contribution in [-0.2, 0) is 20.9 Å². The summed E-state index contributed by atoms with van der Waals surface area (Å²) in [5, 5.41) is 0. The van der Waals surface area contributed by atoms with Crippen LogP contribution < -0.4 is 0 Å². The number of ether oxygens (including phenoxy) is 1. The third kappa shape index (κ3) is 2.84. The molecule has 0 aromatic heterocycles. The normalized spacial score (nSPS) is 26.8. The first-order valence-electron chi connectivity index (χ1n) is 6.45. The van der Waals surface area contributed by atoms with Gasteiger partial charge in [0.2, 0.25) is 0 Å². The fourth-order valence-electron chi connectivity index (χ4n) is 2.56. The number of benzene rings is 1. The van der Waals surface area contributed by atoms with Crippen molar-refractivity contribution in [1.82, 2.24) is 4.90 Å². The summed E-state index contributed by atoms with van der Waals surface area (Å²) in [4.78, 5) is 25.3. The second kappa shape index (κ2) is 5.13. The Morgan fingerprint density at radius 3 is 2.58 bits per heavy atom. The average Bonchev–Trinajstić information content (AvgIpc) is 2.53. The lowest BCUT2D eigenvalue weighted by Crippen LogP contribution is -2.45. The molecule has 1 aliphatic heterocycles. The van der Waals surface area contributed by atoms with Crippen LogP contribution in [0.2, 0.25) is 0 Å². The molecule has 1 aromatic carbocycles. The van der Waals surface area contributed by atoms with Crippen molar-refractivity contribution < 1.29 is 14.3 Å². The molecule has 4 heteroatoms. The fourth-order valence-corrected chi connectivity index (χ4v) is 2.56. The SMILES string of the molecule is CC(=O)C[C@]1(C)O[C@@H](C)C(=O)N1Cc1ccccc1. The molecule has 1 amide bonds. The van der Waals surface area contributed by atoms with Crippen LogP contribution in [0.15, 0.2) is 30.3 Å². The van der Waals surface area contributed by atoms with Gasteiger partial charge in [-0.05, 0) is 26.3 Å². The van der Waals surface area contributed by atoms with Crippen molar-refractivity contribution in [2.75, 3.05) is 0 Å². The van der Waals surface area contributed by atoms with Gasteiger partial charge in [0.05, 0.1) is 6.42 Å². The first-order valence-corrected chi connectivity index (χ1v) is 6.45. The van der Waals surface area contributed by atoms with Gasteiger partial charge < -0.3 is 9.64 Å². The number of rotatable bonds is 4. The molecule has 0 saturated carbocycles. The maximum absolute atomic E-state index is 12.2. The van der Waals surface area contributed by atoms with Crippen LogP contribution in [0.5, 0.6) is 0 Å². The van der Waals surface area contributed by atoms with Gasteiger partial charge in [0, 0.05) is 6.54 Å². The summed E-state index contributed by atoms with van der Waals surface area (Å²) in [6, 6.07) is 9.73. The highest BCUT2D eigenvalue weighted by Crippen LogP contribution is 2.32. The van der Waals surface area contributed by atoms with Gasteiger partial charge in [-0.1, -0.05) is 30.3 Å². The van der Waals surface area contributed by atoms with E-state index in [9.17, 15) is 9.59 Å². The molecule has 0 bridgehead atoms. The Morgan fingerprint density at radius 2 is 2.00 bits per heavy atom. The highest BCUT2D eigenvalue weighted by molar-refractivity contribution is 5.85. The summed E-state index contributed by atoms with van der Waals surface area (Å²) < 4.78 is 5.71. The molecule has 2 atom stereocenters. The van der Waals surface area contributed by atoms with E-state index in [0.29, 0.717) is 6.54 Å². The summed E-state index contributed by atoms with van der Waals surface area (Å²) in [5.74, 6) is -0.0462. The number of hydrogen-bond acceptors (Lipinski definition) is 3. The minimum Gasteiger partial charge on any atom is -0.343 e. The van der Waals surface area contributed by atoms with Crippen LogP contribution in [0.25, 0.3) is 0 Å². The molecular formula is C15H19NO3. The van der Waals surface area contributed by atoms with E-state index in [1.807, 2.05) is 30.3 Å². The molecule has 0 unspecified atom stereocenters. The Hall–Kier alpha value is -1.68. The van der Waals surface area contributed by atoms with Crippen molar-refractivity contribution in [2.45, 2.75) is 45.6 Å². The predicted octanol–water partition coefficient (Wildman–Crippen LogP) is 2.13. The summed E-state index contributed by atoms with van der Waals surface area (Å²) in [7, 11) is 0. The maximum atomic E-state index is 12.2. The number of nitrogens with zero attached hydrogens (tertiary/aromatic N) is 1. The van der Waals surface area contributed by atoms with E-state index in [0.717, 1.165) is 5.56 Å². The first kappa shape index (κ1) is 13.7. The third-order valence-electron chi connectivity index (χ3n) is 3.38. The van der Waals surface area contributed by atoms with Gasteiger partial charge >= 0.3 is 0 Å². The number of carbonyl (C=O) groups excluding carboxylic acids is 2. The Kier molecular flexibility index (Phi) is 3.71. The monoisotopic (exact) mass is 261 g/mol. The van der Waals surface area contributed by atoms with Crippen molar-refractivity contribution in [2.24, 2.45) is 0 Å². The lowest BCUT2D eigenvalue weighted by atomic mass is 10.1. The molecule has 1 fully saturated rings. The molecule has 4 nitrogen and oxygen atoms in total. The van der Waals surface area contributed by atoms with Crippen LogP contribution in [0.3, 0.4) is 0 Å². The number of hydrogen-bond donors (Lipinski definition) is 0. The van der Waals surface area contributed by atoms with E-state index in [1.54, 1.807) is 18.7 Å². The molecular weight excluding hydrogens is 242 g/mol. The Balaban J connectivity index is 2.23. The molecule has 0 aliphatic carbocycles. The maximum Gasteiger partial charge on any atom is 0.254 e. The predicted molar refractivity (Wildman–Crippen MR) is 71.2 cm³/mol. The molecule has 0 radical (unpaired) electrons. The van der Waals surface area contributed by atoms with Crippen LogP contribution in [0, 0.1) is 0 Å². The average molecular weight is 261 g/mol. The van der Waals surface area contributed by atoms with Gasteiger partial charge in [-0.15, -0.1) is 0 Å². The van der Waals surface area contributed by atoms with E-state index in [4.69, 9.17) is 4.74 Å². The Bertz CT molecular complexity index is 485. The van der Waals surface area contributed by atoms with Crippen molar-refractivity contribution in [3.8, 4) is 0 Å². The standard InChI is InChI=1S/C15H19NO3/c1-11(17)9-15(3)16(14(18)12(2)19-15)10-13-7-5-4-6-8-13/h4-8,12H,9-10H2,1-3H3/t12-,15-/m0/s1. The van der Waals surface area contributed by atoms with Gasteiger partial charge in [-0.2, -0.15) is 0 Å². The molecule has 0 spiro atoms. The van der Waals surface area contributed by atoms with Crippen LogP contribution in [0.4, 0.5) is 0 Å². The molecule has 102 valence electrons. The lowest BCUT2D eigenvalue weighted by molar-refractivity contribution is -0.138. The van der Waals surface area contributed by atoms with Crippen LogP contribution in [0.1, 0.15) is 32.8 Å². The van der Waals surface area contributed by atoms with Gasteiger partial charge in [0.15, 0.2) is 0 Å². The quantitative estimate of drug-likeness (QED) is 0.834. The minimum absolute atomic E-state index is 0.0162. The molecule has 0 N–H and O–H groups in total.